The zero-order valence-electron chi connectivity index (χ0n) is 9.74. The standard InChI is InChI=1S/C12H18N2O3/c1-7(13)9-3-2-8(4-10(9)15)14-5-11(16)12(17)6-14/h2-4,7,11-12,15-17H,5-6,13H2,1H3. The normalized spacial score (nSPS) is 26.2. The van der Waals surface area contributed by atoms with Crippen LogP contribution in [0.5, 0.6) is 5.75 Å². The lowest BCUT2D eigenvalue weighted by Gasteiger charge is -2.19. The monoisotopic (exact) mass is 238 g/mol. The van der Waals surface area contributed by atoms with E-state index in [0.717, 1.165) is 5.69 Å². The number of phenolic OH excluding ortho intramolecular Hbond substituents is 1. The fourth-order valence-electron chi connectivity index (χ4n) is 2.09. The van der Waals surface area contributed by atoms with Crippen molar-refractivity contribution in [3.63, 3.8) is 0 Å². The van der Waals surface area contributed by atoms with E-state index in [1.807, 2.05) is 11.0 Å². The van der Waals surface area contributed by atoms with Crippen molar-refractivity contribution in [3.05, 3.63) is 23.8 Å². The molecule has 1 aliphatic heterocycles. The molecule has 94 valence electrons. The number of nitrogens with two attached hydrogens (primary N) is 1. The summed E-state index contributed by atoms with van der Waals surface area (Å²) in [5.41, 5.74) is 7.18. The van der Waals surface area contributed by atoms with Crippen molar-refractivity contribution >= 4 is 5.69 Å². The Hall–Kier alpha value is -1.30. The van der Waals surface area contributed by atoms with Gasteiger partial charge in [-0.3, -0.25) is 0 Å². The predicted octanol–water partition coefficient (Wildman–Crippen LogP) is -0.0463. The third-order valence-electron chi connectivity index (χ3n) is 3.13. The lowest BCUT2D eigenvalue weighted by Crippen LogP contribution is -2.22. The lowest BCUT2D eigenvalue weighted by atomic mass is 10.1. The molecule has 0 amide bonds. The largest absolute Gasteiger partial charge is 0.508 e. The molecule has 1 aromatic carbocycles. The third-order valence-corrected chi connectivity index (χ3v) is 3.13. The van der Waals surface area contributed by atoms with E-state index in [0.29, 0.717) is 18.7 Å². The van der Waals surface area contributed by atoms with Crippen molar-refractivity contribution in [1.29, 1.82) is 0 Å². The summed E-state index contributed by atoms with van der Waals surface area (Å²) < 4.78 is 0. The Morgan fingerprint density at radius 2 is 1.88 bits per heavy atom. The molecule has 0 aromatic heterocycles. The number of aromatic hydroxyl groups is 1. The summed E-state index contributed by atoms with van der Waals surface area (Å²) in [6, 6.07) is 5.00. The number of hydrogen-bond acceptors (Lipinski definition) is 5. The molecule has 0 radical (unpaired) electrons. The van der Waals surface area contributed by atoms with Gasteiger partial charge in [-0.1, -0.05) is 6.07 Å². The van der Waals surface area contributed by atoms with E-state index < -0.39 is 12.2 Å². The smallest absolute Gasteiger partial charge is 0.122 e. The van der Waals surface area contributed by atoms with Gasteiger partial charge in [0.2, 0.25) is 0 Å². The SMILES string of the molecule is CC(N)c1ccc(N2CC(O)C(O)C2)cc1O. The highest BCUT2D eigenvalue weighted by atomic mass is 16.3. The first-order chi connectivity index (χ1) is 7.99. The predicted molar refractivity (Wildman–Crippen MR) is 64.9 cm³/mol. The maximum atomic E-state index is 9.82. The van der Waals surface area contributed by atoms with Gasteiger partial charge in [0, 0.05) is 36.4 Å². The zero-order chi connectivity index (χ0) is 12.6. The number of rotatable bonds is 2. The van der Waals surface area contributed by atoms with Gasteiger partial charge in [-0.05, 0) is 13.0 Å². The van der Waals surface area contributed by atoms with E-state index >= 15 is 0 Å². The molecule has 3 unspecified atom stereocenters. The van der Waals surface area contributed by atoms with Crippen molar-refractivity contribution in [2.24, 2.45) is 5.73 Å². The molecule has 0 spiro atoms. The van der Waals surface area contributed by atoms with E-state index in [1.54, 1.807) is 19.1 Å². The fraction of sp³-hybridized carbons (Fsp3) is 0.500. The molecule has 1 aromatic rings. The maximum Gasteiger partial charge on any atom is 0.122 e. The first-order valence-electron chi connectivity index (χ1n) is 5.68. The van der Waals surface area contributed by atoms with Crippen molar-refractivity contribution < 1.29 is 15.3 Å². The molecule has 0 saturated carbocycles. The zero-order valence-corrected chi connectivity index (χ0v) is 9.74. The maximum absolute atomic E-state index is 9.82. The van der Waals surface area contributed by atoms with Crippen LogP contribution in [0.4, 0.5) is 5.69 Å². The van der Waals surface area contributed by atoms with Gasteiger partial charge in [-0.25, -0.2) is 0 Å². The van der Waals surface area contributed by atoms with Gasteiger partial charge in [0.1, 0.15) is 5.75 Å². The number of aliphatic hydroxyl groups is 2. The molecular formula is C12H18N2O3. The second kappa shape index (κ2) is 4.52. The van der Waals surface area contributed by atoms with Gasteiger partial charge in [0.15, 0.2) is 0 Å². The third kappa shape index (κ3) is 2.36. The molecule has 5 nitrogen and oxygen atoms in total. The summed E-state index contributed by atoms with van der Waals surface area (Å²) in [6.07, 6.45) is -1.46. The number of aliphatic hydroxyl groups excluding tert-OH is 2. The average Bonchev–Trinajstić information content (AvgIpc) is 2.58. The van der Waals surface area contributed by atoms with Crippen LogP contribution in [-0.2, 0) is 0 Å². The number of hydrogen-bond donors (Lipinski definition) is 4. The fourth-order valence-corrected chi connectivity index (χ4v) is 2.09. The minimum atomic E-state index is -0.731. The molecule has 1 aliphatic rings. The number of anilines is 1. The molecule has 5 heteroatoms. The van der Waals surface area contributed by atoms with Crippen molar-refractivity contribution in [2.75, 3.05) is 18.0 Å². The number of β-amino-alcohol motifs (C(OH)–C–C–N with tert-alkyl or cyclic N) is 2. The van der Waals surface area contributed by atoms with Crippen molar-refractivity contribution in [1.82, 2.24) is 0 Å². The topological polar surface area (TPSA) is 90.0 Å². The highest BCUT2D eigenvalue weighted by Gasteiger charge is 2.29. The Labute approximate surface area is 100 Å². The van der Waals surface area contributed by atoms with Crippen LogP contribution in [0.3, 0.4) is 0 Å². The first kappa shape index (κ1) is 12.2. The van der Waals surface area contributed by atoms with Crippen LogP contribution in [0.2, 0.25) is 0 Å². The van der Waals surface area contributed by atoms with Crippen LogP contribution in [0.15, 0.2) is 18.2 Å². The molecule has 17 heavy (non-hydrogen) atoms. The van der Waals surface area contributed by atoms with Gasteiger partial charge in [-0.15, -0.1) is 0 Å². The van der Waals surface area contributed by atoms with Crippen LogP contribution < -0.4 is 10.6 Å². The molecular weight excluding hydrogens is 220 g/mol. The van der Waals surface area contributed by atoms with Crippen LogP contribution in [0.25, 0.3) is 0 Å². The van der Waals surface area contributed by atoms with Crippen LogP contribution in [0.1, 0.15) is 18.5 Å². The molecule has 0 aliphatic carbocycles. The average molecular weight is 238 g/mol. The molecule has 2 rings (SSSR count). The van der Waals surface area contributed by atoms with E-state index in [9.17, 15) is 15.3 Å². The van der Waals surface area contributed by atoms with E-state index in [4.69, 9.17) is 5.73 Å². The molecule has 1 heterocycles. The number of phenols is 1. The number of benzene rings is 1. The summed E-state index contributed by atoms with van der Waals surface area (Å²) >= 11 is 0. The highest BCUT2D eigenvalue weighted by Crippen LogP contribution is 2.29. The molecule has 1 fully saturated rings. The molecule has 1 saturated heterocycles. The Bertz CT molecular complexity index is 399. The second-order valence-corrected chi connectivity index (χ2v) is 4.57. The minimum Gasteiger partial charge on any atom is -0.508 e. The van der Waals surface area contributed by atoms with Crippen molar-refractivity contribution in [2.45, 2.75) is 25.2 Å². The molecule has 0 bridgehead atoms. The summed E-state index contributed by atoms with van der Waals surface area (Å²) in [6.45, 7) is 2.55. The highest BCUT2D eigenvalue weighted by molar-refractivity contribution is 5.55. The van der Waals surface area contributed by atoms with Crippen molar-refractivity contribution in [3.8, 4) is 5.75 Å². The Balaban J connectivity index is 2.21. The minimum absolute atomic E-state index is 0.147. The first-order valence-corrected chi connectivity index (χ1v) is 5.68. The van der Waals surface area contributed by atoms with E-state index in [-0.39, 0.29) is 11.8 Å². The lowest BCUT2D eigenvalue weighted by molar-refractivity contribution is 0.0572. The summed E-state index contributed by atoms with van der Waals surface area (Å²) in [4.78, 5) is 1.83. The van der Waals surface area contributed by atoms with Gasteiger partial charge >= 0.3 is 0 Å². The summed E-state index contributed by atoms with van der Waals surface area (Å²) in [5, 5.41) is 28.8. The van der Waals surface area contributed by atoms with E-state index in [2.05, 4.69) is 0 Å². The molecule has 5 N–H and O–H groups in total. The summed E-state index contributed by atoms with van der Waals surface area (Å²) in [5.74, 6) is 0.147. The Morgan fingerprint density at radius 1 is 1.29 bits per heavy atom. The van der Waals surface area contributed by atoms with Crippen LogP contribution >= 0.6 is 0 Å². The van der Waals surface area contributed by atoms with Crippen LogP contribution in [-0.4, -0.2) is 40.6 Å². The second-order valence-electron chi connectivity index (χ2n) is 4.57. The van der Waals surface area contributed by atoms with Gasteiger partial charge in [-0.2, -0.15) is 0 Å². The Kier molecular flexibility index (Phi) is 3.24. The van der Waals surface area contributed by atoms with Crippen LogP contribution in [0, 0.1) is 0 Å². The molecule has 3 atom stereocenters. The van der Waals surface area contributed by atoms with Gasteiger partial charge in [0.25, 0.3) is 0 Å². The summed E-state index contributed by atoms with van der Waals surface area (Å²) in [7, 11) is 0. The Morgan fingerprint density at radius 3 is 2.35 bits per heavy atom. The quantitative estimate of drug-likeness (QED) is 0.580. The number of nitrogens with zero attached hydrogens (tertiary/aromatic N) is 1. The van der Waals surface area contributed by atoms with Gasteiger partial charge < -0.3 is 26.0 Å². The van der Waals surface area contributed by atoms with E-state index in [1.165, 1.54) is 0 Å². The van der Waals surface area contributed by atoms with Gasteiger partial charge in [0.05, 0.1) is 12.2 Å².